The maximum absolute atomic E-state index is 6.24. The van der Waals surface area contributed by atoms with Crippen LogP contribution in [0.5, 0.6) is 0 Å². The maximum Gasteiger partial charge on any atom is 0.0816 e. The highest BCUT2D eigenvalue weighted by atomic mass is 16.5. The molecule has 2 unspecified atom stereocenters. The molecule has 0 fully saturated rings. The van der Waals surface area contributed by atoms with Crippen LogP contribution in [-0.2, 0) is 9.47 Å². The number of ether oxygens (including phenoxy) is 2. The van der Waals surface area contributed by atoms with Gasteiger partial charge in [0.2, 0.25) is 0 Å². The number of hydrogen-bond donors (Lipinski definition) is 1. The third-order valence-corrected chi connectivity index (χ3v) is 7.41. The van der Waals surface area contributed by atoms with Gasteiger partial charge in [0.15, 0.2) is 0 Å². The van der Waals surface area contributed by atoms with Crippen LogP contribution < -0.4 is 5.73 Å². The van der Waals surface area contributed by atoms with Crippen LogP contribution in [0.3, 0.4) is 0 Å². The zero-order chi connectivity index (χ0) is 26.8. The highest BCUT2D eigenvalue weighted by molar-refractivity contribution is 5.27. The van der Waals surface area contributed by atoms with Crippen molar-refractivity contribution < 1.29 is 9.47 Å². The van der Waals surface area contributed by atoms with Gasteiger partial charge in [-0.1, -0.05) is 146 Å². The summed E-state index contributed by atoms with van der Waals surface area (Å²) in [6.45, 7) is 10.5. The summed E-state index contributed by atoms with van der Waals surface area (Å²) in [7, 11) is 0. The maximum atomic E-state index is 6.24. The first-order valence-electron chi connectivity index (χ1n) is 15.8. The second kappa shape index (κ2) is 25.1. The van der Waals surface area contributed by atoms with Gasteiger partial charge in [-0.05, 0) is 38.2 Å². The van der Waals surface area contributed by atoms with Crippen molar-refractivity contribution in [3.63, 3.8) is 0 Å². The standard InChI is InChI=1S/C34H61NO2/c1-4-5-6-7-8-9-10-11-12-13-14-15-16-17-20-23-28-36-30-34(27-26-31(2)32(3)35)37-29-33-24-21-18-19-22-25-33/h18,21-22,24-25,32,34H,2,4-17,19-20,23,26-30,35H2,1,3H3. The normalized spacial score (nSPS) is 14.9. The Kier molecular flexibility index (Phi) is 23.0. The van der Waals surface area contributed by atoms with Gasteiger partial charge in [-0.2, -0.15) is 0 Å². The van der Waals surface area contributed by atoms with E-state index in [0.717, 1.165) is 37.9 Å². The van der Waals surface area contributed by atoms with E-state index in [0.29, 0.717) is 13.2 Å². The monoisotopic (exact) mass is 515 g/mol. The van der Waals surface area contributed by atoms with Gasteiger partial charge in [0, 0.05) is 12.6 Å². The van der Waals surface area contributed by atoms with Gasteiger partial charge in [-0.15, -0.1) is 0 Å². The molecule has 0 aliphatic heterocycles. The van der Waals surface area contributed by atoms with Crippen LogP contribution in [0.2, 0.25) is 0 Å². The molecule has 0 aromatic carbocycles. The molecule has 3 heteroatoms. The minimum atomic E-state index is 0.0318. The lowest BCUT2D eigenvalue weighted by Gasteiger charge is -2.20. The van der Waals surface area contributed by atoms with Gasteiger partial charge in [0.25, 0.3) is 0 Å². The van der Waals surface area contributed by atoms with Crippen LogP contribution >= 0.6 is 0 Å². The molecule has 3 nitrogen and oxygen atoms in total. The van der Waals surface area contributed by atoms with Crippen molar-refractivity contribution in [1.82, 2.24) is 0 Å². The van der Waals surface area contributed by atoms with E-state index in [1.807, 2.05) is 6.92 Å². The van der Waals surface area contributed by atoms with Crippen LogP contribution in [0.25, 0.3) is 0 Å². The van der Waals surface area contributed by atoms with E-state index >= 15 is 0 Å². The number of nitrogens with two attached hydrogens (primary N) is 1. The van der Waals surface area contributed by atoms with Crippen molar-refractivity contribution in [1.29, 1.82) is 0 Å². The SMILES string of the molecule is C=C(CCC(COCCCCCCCCCCCCCCCCCC)OCC1=CC=CCC=C1)C(C)N. The molecule has 1 aliphatic rings. The fourth-order valence-corrected chi connectivity index (χ4v) is 4.69. The van der Waals surface area contributed by atoms with E-state index in [9.17, 15) is 0 Å². The molecule has 0 aromatic heterocycles. The molecular formula is C34H61NO2. The van der Waals surface area contributed by atoms with Crippen LogP contribution in [0, 0.1) is 0 Å². The number of rotatable bonds is 26. The average molecular weight is 516 g/mol. The van der Waals surface area contributed by atoms with Crippen LogP contribution in [-0.4, -0.2) is 32.0 Å². The summed E-state index contributed by atoms with van der Waals surface area (Å²) in [5, 5.41) is 0. The van der Waals surface area contributed by atoms with E-state index in [1.54, 1.807) is 0 Å². The van der Waals surface area contributed by atoms with E-state index < -0.39 is 0 Å². The molecule has 214 valence electrons. The second-order valence-corrected chi connectivity index (χ2v) is 11.1. The molecule has 0 bridgehead atoms. The second-order valence-electron chi connectivity index (χ2n) is 11.1. The van der Waals surface area contributed by atoms with Crippen molar-refractivity contribution in [2.45, 2.75) is 148 Å². The Bertz CT molecular complexity index is 619. The Hall–Kier alpha value is -1.16. The van der Waals surface area contributed by atoms with Gasteiger partial charge < -0.3 is 15.2 Å². The molecule has 0 heterocycles. The molecule has 37 heavy (non-hydrogen) atoms. The zero-order valence-electron chi connectivity index (χ0n) is 24.7. The molecule has 2 N–H and O–H groups in total. The molecule has 1 rings (SSSR count). The van der Waals surface area contributed by atoms with Crippen molar-refractivity contribution >= 4 is 0 Å². The topological polar surface area (TPSA) is 44.5 Å². The third-order valence-electron chi connectivity index (χ3n) is 7.41. The lowest BCUT2D eigenvalue weighted by Crippen LogP contribution is -2.24. The Morgan fingerprint density at radius 2 is 1.43 bits per heavy atom. The zero-order valence-corrected chi connectivity index (χ0v) is 24.7. The van der Waals surface area contributed by atoms with Gasteiger partial charge in [-0.3, -0.25) is 0 Å². The average Bonchev–Trinajstić information content (AvgIpc) is 3.17. The van der Waals surface area contributed by atoms with E-state index in [-0.39, 0.29) is 12.1 Å². The van der Waals surface area contributed by atoms with E-state index in [4.69, 9.17) is 15.2 Å². The van der Waals surface area contributed by atoms with Gasteiger partial charge in [-0.25, -0.2) is 0 Å². The minimum Gasteiger partial charge on any atom is -0.379 e. The molecule has 0 spiro atoms. The fraction of sp³-hybridized carbons (Fsp3) is 0.765. The highest BCUT2D eigenvalue weighted by Gasteiger charge is 2.12. The molecule has 0 radical (unpaired) electrons. The van der Waals surface area contributed by atoms with Crippen molar-refractivity contribution in [3.05, 3.63) is 48.1 Å². The summed E-state index contributed by atoms with van der Waals surface area (Å²) < 4.78 is 12.3. The third kappa shape index (κ3) is 21.5. The van der Waals surface area contributed by atoms with Crippen LogP contribution in [0.1, 0.15) is 136 Å². The first kappa shape index (κ1) is 33.9. The molecule has 0 saturated carbocycles. The largest absolute Gasteiger partial charge is 0.379 e. The highest BCUT2D eigenvalue weighted by Crippen LogP contribution is 2.16. The predicted molar refractivity (Wildman–Crippen MR) is 163 cm³/mol. The quantitative estimate of drug-likeness (QED) is 0.0920. The molecular weight excluding hydrogens is 454 g/mol. The van der Waals surface area contributed by atoms with Gasteiger partial charge in [0.1, 0.15) is 0 Å². The Morgan fingerprint density at radius 1 is 0.865 bits per heavy atom. The smallest absolute Gasteiger partial charge is 0.0816 e. The summed E-state index contributed by atoms with van der Waals surface area (Å²) in [5.74, 6) is 0. The number of unbranched alkanes of at least 4 members (excludes halogenated alkanes) is 15. The Morgan fingerprint density at radius 3 is 2.00 bits per heavy atom. The summed E-state index contributed by atoms with van der Waals surface area (Å²) in [6, 6.07) is 0.0318. The van der Waals surface area contributed by atoms with Gasteiger partial charge in [0.05, 0.1) is 19.3 Å². The lowest BCUT2D eigenvalue weighted by molar-refractivity contribution is -0.0119. The molecule has 0 amide bonds. The van der Waals surface area contributed by atoms with E-state index in [1.165, 1.54) is 102 Å². The molecule has 1 aliphatic carbocycles. The fourth-order valence-electron chi connectivity index (χ4n) is 4.69. The van der Waals surface area contributed by atoms with Crippen LogP contribution in [0.15, 0.2) is 48.1 Å². The number of allylic oxidation sites excluding steroid dienone is 4. The first-order chi connectivity index (χ1) is 18.1. The van der Waals surface area contributed by atoms with E-state index in [2.05, 4.69) is 43.9 Å². The molecule has 0 aromatic rings. The minimum absolute atomic E-state index is 0.0318. The summed E-state index contributed by atoms with van der Waals surface area (Å²) in [4.78, 5) is 0. The Labute approximate surface area is 231 Å². The summed E-state index contributed by atoms with van der Waals surface area (Å²) in [5.41, 5.74) is 8.28. The number of hydrogen-bond acceptors (Lipinski definition) is 3. The van der Waals surface area contributed by atoms with Crippen LogP contribution in [0.4, 0.5) is 0 Å². The van der Waals surface area contributed by atoms with Crippen molar-refractivity contribution in [2.75, 3.05) is 19.8 Å². The predicted octanol–water partition coefficient (Wildman–Crippen LogP) is 9.78. The Balaban J connectivity index is 2.02. The van der Waals surface area contributed by atoms with Crippen molar-refractivity contribution in [2.24, 2.45) is 5.73 Å². The summed E-state index contributed by atoms with van der Waals surface area (Å²) in [6.07, 6.45) is 35.9. The summed E-state index contributed by atoms with van der Waals surface area (Å²) >= 11 is 0. The van der Waals surface area contributed by atoms with Crippen molar-refractivity contribution in [3.8, 4) is 0 Å². The molecule has 0 saturated heterocycles. The first-order valence-corrected chi connectivity index (χ1v) is 15.8. The van der Waals surface area contributed by atoms with Gasteiger partial charge >= 0.3 is 0 Å². The molecule has 2 atom stereocenters. The lowest BCUT2D eigenvalue weighted by atomic mass is 10.0.